The molecule has 2 heterocycles. The van der Waals surface area contributed by atoms with Crippen LogP contribution < -0.4 is 5.32 Å². The Morgan fingerprint density at radius 1 is 1.00 bits per heavy atom. The summed E-state index contributed by atoms with van der Waals surface area (Å²) in [6.07, 6.45) is 0.865. The van der Waals surface area contributed by atoms with Crippen LogP contribution in [-0.4, -0.2) is 47.3 Å². The van der Waals surface area contributed by atoms with Crippen molar-refractivity contribution in [1.82, 2.24) is 15.1 Å². The zero-order chi connectivity index (χ0) is 26.4. The molecule has 0 spiro atoms. The van der Waals surface area contributed by atoms with Crippen LogP contribution in [0.2, 0.25) is 0 Å². The zero-order valence-electron chi connectivity index (χ0n) is 22.4. The molecule has 2 atom stereocenters. The normalized spacial score (nSPS) is 17.5. The summed E-state index contributed by atoms with van der Waals surface area (Å²) in [5, 5.41) is 5.26. The highest BCUT2D eigenvalue weighted by Gasteiger charge is 2.44. The fourth-order valence-corrected chi connectivity index (χ4v) is 6.06. The van der Waals surface area contributed by atoms with Crippen LogP contribution >= 0.6 is 11.3 Å². The molecule has 5 nitrogen and oxygen atoms in total. The number of nitrogens with zero attached hydrogens (tertiary/aromatic N) is 2. The highest BCUT2D eigenvalue weighted by Crippen LogP contribution is 2.44. The maximum absolute atomic E-state index is 13.8. The Kier molecular flexibility index (Phi) is 9.17. The van der Waals surface area contributed by atoms with Crippen molar-refractivity contribution < 1.29 is 9.59 Å². The summed E-state index contributed by atoms with van der Waals surface area (Å²) in [6.45, 7) is 11.7. The molecule has 0 fully saturated rings. The first-order chi connectivity index (χ1) is 17.9. The number of hydrogen-bond acceptors (Lipinski definition) is 4. The SMILES string of the molecule is CC(C)CN1C(=O)c2ccccc2C(C(=O)NCCCN(Cc2ccccc2)C(C)C)C1c1cccs1. The van der Waals surface area contributed by atoms with Crippen LogP contribution in [0.25, 0.3) is 0 Å². The smallest absolute Gasteiger partial charge is 0.254 e. The molecule has 1 aliphatic heterocycles. The molecule has 0 bridgehead atoms. The van der Waals surface area contributed by atoms with E-state index in [2.05, 4.69) is 62.2 Å². The van der Waals surface area contributed by atoms with Gasteiger partial charge in [-0.25, -0.2) is 0 Å². The van der Waals surface area contributed by atoms with Crippen molar-refractivity contribution in [3.05, 3.63) is 93.7 Å². The van der Waals surface area contributed by atoms with E-state index in [4.69, 9.17) is 0 Å². The summed E-state index contributed by atoms with van der Waals surface area (Å²) < 4.78 is 0. The van der Waals surface area contributed by atoms with Gasteiger partial charge in [0.2, 0.25) is 5.91 Å². The first-order valence-corrected chi connectivity index (χ1v) is 14.2. The third kappa shape index (κ3) is 6.49. The third-order valence-electron chi connectivity index (χ3n) is 7.00. The molecule has 3 aromatic rings. The molecule has 0 radical (unpaired) electrons. The largest absolute Gasteiger partial charge is 0.355 e. The van der Waals surface area contributed by atoms with Crippen LogP contribution in [0.15, 0.2) is 72.1 Å². The summed E-state index contributed by atoms with van der Waals surface area (Å²) in [5.41, 5.74) is 2.77. The van der Waals surface area contributed by atoms with Crippen molar-refractivity contribution in [1.29, 1.82) is 0 Å². The summed E-state index contributed by atoms with van der Waals surface area (Å²) in [4.78, 5) is 32.8. The monoisotopic (exact) mass is 517 g/mol. The molecular formula is C31H39N3O2S. The Morgan fingerprint density at radius 3 is 2.41 bits per heavy atom. The van der Waals surface area contributed by atoms with E-state index < -0.39 is 5.92 Å². The molecule has 2 aromatic carbocycles. The Bertz CT molecular complexity index is 1160. The minimum Gasteiger partial charge on any atom is -0.355 e. The van der Waals surface area contributed by atoms with E-state index in [0.717, 1.165) is 30.0 Å². The maximum atomic E-state index is 13.8. The van der Waals surface area contributed by atoms with Gasteiger partial charge >= 0.3 is 0 Å². The van der Waals surface area contributed by atoms with E-state index in [1.165, 1.54) is 5.56 Å². The number of carbonyl (C=O) groups excluding carboxylic acids is 2. The molecule has 0 saturated heterocycles. The molecule has 0 aliphatic carbocycles. The van der Waals surface area contributed by atoms with Crippen molar-refractivity contribution in [3.8, 4) is 0 Å². The average molecular weight is 518 g/mol. The zero-order valence-corrected chi connectivity index (χ0v) is 23.2. The minimum atomic E-state index is -0.433. The molecule has 196 valence electrons. The lowest BCUT2D eigenvalue weighted by Crippen LogP contribution is -2.48. The van der Waals surface area contributed by atoms with Crippen LogP contribution in [-0.2, 0) is 11.3 Å². The van der Waals surface area contributed by atoms with Crippen molar-refractivity contribution >= 4 is 23.2 Å². The second-order valence-electron chi connectivity index (χ2n) is 10.6. The van der Waals surface area contributed by atoms with Crippen molar-refractivity contribution in [2.24, 2.45) is 5.92 Å². The fraction of sp³-hybridized carbons (Fsp3) is 0.419. The van der Waals surface area contributed by atoms with E-state index in [9.17, 15) is 9.59 Å². The lowest BCUT2D eigenvalue weighted by atomic mass is 9.81. The van der Waals surface area contributed by atoms with Gasteiger partial charge < -0.3 is 10.2 Å². The number of thiophene rings is 1. The number of carbonyl (C=O) groups is 2. The Hall–Kier alpha value is -2.96. The van der Waals surface area contributed by atoms with Crippen LogP contribution in [0, 0.1) is 5.92 Å². The summed E-state index contributed by atoms with van der Waals surface area (Å²) in [7, 11) is 0. The summed E-state index contributed by atoms with van der Waals surface area (Å²) in [5.74, 6) is -0.129. The molecule has 2 unspecified atom stereocenters. The van der Waals surface area contributed by atoms with Gasteiger partial charge in [0.05, 0.1) is 12.0 Å². The lowest BCUT2D eigenvalue weighted by molar-refractivity contribution is -0.124. The van der Waals surface area contributed by atoms with E-state index in [1.807, 2.05) is 52.7 Å². The predicted octanol–water partition coefficient (Wildman–Crippen LogP) is 6.10. The van der Waals surface area contributed by atoms with Crippen LogP contribution in [0.3, 0.4) is 0 Å². The molecule has 37 heavy (non-hydrogen) atoms. The Balaban J connectivity index is 1.50. The molecule has 2 amide bonds. The van der Waals surface area contributed by atoms with Gasteiger partial charge in [0, 0.05) is 42.7 Å². The van der Waals surface area contributed by atoms with E-state index in [0.29, 0.717) is 30.6 Å². The number of nitrogens with one attached hydrogen (secondary N) is 1. The van der Waals surface area contributed by atoms with Gasteiger partial charge in [0.1, 0.15) is 0 Å². The standard InChI is InChI=1S/C31H39N3O2S/c1-22(2)20-34-29(27-16-10-19-37-27)28(25-14-8-9-15-26(25)31(34)36)30(35)32-17-11-18-33(23(3)4)21-24-12-6-5-7-13-24/h5-10,12-16,19,22-23,28-29H,11,17-18,20-21H2,1-4H3,(H,32,35). The highest BCUT2D eigenvalue weighted by atomic mass is 32.1. The lowest BCUT2D eigenvalue weighted by Gasteiger charge is -2.42. The van der Waals surface area contributed by atoms with Gasteiger partial charge in [0.25, 0.3) is 5.91 Å². The summed E-state index contributed by atoms with van der Waals surface area (Å²) >= 11 is 1.61. The number of fused-ring (bicyclic) bond motifs is 1. The van der Waals surface area contributed by atoms with Gasteiger partial charge in [-0.1, -0.05) is 68.4 Å². The topological polar surface area (TPSA) is 52.7 Å². The minimum absolute atomic E-state index is 0.00809. The van der Waals surface area contributed by atoms with Gasteiger partial charge in [-0.2, -0.15) is 0 Å². The number of amides is 2. The molecular weight excluding hydrogens is 478 g/mol. The molecule has 1 aromatic heterocycles. The van der Waals surface area contributed by atoms with Gasteiger partial charge in [-0.3, -0.25) is 14.5 Å². The number of hydrogen-bond donors (Lipinski definition) is 1. The van der Waals surface area contributed by atoms with Gasteiger partial charge in [0.15, 0.2) is 0 Å². The second kappa shape index (κ2) is 12.5. The first-order valence-electron chi connectivity index (χ1n) is 13.4. The van der Waals surface area contributed by atoms with Crippen LogP contribution in [0.4, 0.5) is 0 Å². The van der Waals surface area contributed by atoms with Gasteiger partial charge in [-0.15, -0.1) is 11.3 Å². The molecule has 1 N–H and O–H groups in total. The van der Waals surface area contributed by atoms with Gasteiger partial charge in [-0.05, 0) is 54.8 Å². The molecule has 4 rings (SSSR count). The van der Waals surface area contributed by atoms with Crippen molar-refractivity contribution in [3.63, 3.8) is 0 Å². The third-order valence-corrected chi connectivity index (χ3v) is 7.94. The van der Waals surface area contributed by atoms with E-state index in [-0.39, 0.29) is 17.9 Å². The highest BCUT2D eigenvalue weighted by molar-refractivity contribution is 7.10. The van der Waals surface area contributed by atoms with Crippen molar-refractivity contribution in [2.75, 3.05) is 19.6 Å². The Labute approximate surface area is 225 Å². The maximum Gasteiger partial charge on any atom is 0.254 e. The van der Waals surface area contributed by atoms with Crippen LogP contribution in [0.1, 0.15) is 72.4 Å². The van der Waals surface area contributed by atoms with Crippen molar-refractivity contribution in [2.45, 2.75) is 58.7 Å². The van der Waals surface area contributed by atoms with E-state index >= 15 is 0 Å². The van der Waals surface area contributed by atoms with E-state index in [1.54, 1.807) is 11.3 Å². The Morgan fingerprint density at radius 2 is 1.73 bits per heavy atom. The predicted molar refractivity (Wildman–Crippen MR) is 152 cm³/mol. The molecule has 0 saturated carbocycles. The second-order valence-corrected chi connectivity index (χ2v) is 11.6. The molecule has 6 heteroatoms. The summed E-state index contributed by atoms with van der Waals surface area (Å²) in [6, 6.07) is 22.3. The molecule has 1 aliphatic rings. The number of rotatable bonds is 11. The quantitative estimate of drug-likeness (QED) is 0.313. The van der Waals surface area contributed by atoms with Crippen LogP contribution in [0.5, 0.6) is 0 Å². The average Bonchev–Trinajstić information content (AvgIpc) is 3.42. The fourth-order valence-electron chi connectivity index (χ4n) is 5.19. The number of benzene rings is 2. The first kappa shape index (κ1) is 27.1.